The first kappa shape index (κ1) is 12.8. The molecule has 2 aromatic rings. The lowest BCUT2D eigenvalue weighted by Gasteiger charge is -2.14. The van der Waals surface area contributed by atoms with Gasteiger partial charge in [0.25, 0.3) is 0 Å². The average molecular weight is 239 g/mol. The summed E-state index contributed by atoms with van der Waals surface area (Å²) in [6, 6.07) is 15.3. The molecule has 0 bridgehead atoms. The lowest BCUT2D eigenvalue weighted by atomic mass is 9.94. The zero-order chi connectivity index (χ0) is 13.1. The molecule has 0 atom stereocenters. The van der Waals surface area contributed by atoms with E-state index in [1.54, 1.807) is 0 Å². The fourth-order valence-electron chi connectivity index (χ4n) is 2.26. The zero-order valence-corrected chi connectivity index (χ0v) is 11.6. The SMILES string of the molecule is CC(C)N=C(c1cccc2ccccc12)C(C)C. The predicted molar refractivity (Wildman–Crippen MR) is 80.5 cm³/mol. The monoisotopic (exact) mass is 239 g/mol. The number of hydrogen-bond donors (Lipinski definition) is 0. The molecule has 0 saturated carbocycles. The second-order valence-electron chi connectivity index (χ2n) is 5.29. The van der Waals surface area contributed by atoms with Gasteiger partial charge in [-0.3, -0.25) is 4.99 Å². The zero-order valence-electron chi connectivity index (χ0n) is 11.6. The molecule has 2 rings (SSSR count). The highest BCUT2D eigenvalue weighted by Gasteiger charge is 2.12. The molecule has 18 heavy (non-hydrogen) atoms. The maximum atomic E-state index is 4.81. The Hall–Kier alpha value is -1.63. The fraction of sp³-hybridized carbons (Fsp3) is 0.353. The molecule has 0 saturated heterocycles. The Morgan fingerprint density at radius 3 is 2.22 bits per heavy atom. The van der Waals surface area contributed by atoms with Gasteiger partial charge in [-0.25, -0.2) is 0 Å². The lowest BCUT2D eigenvalue weighted by molar-refractivity contribution is 0.799. The van der Waals surface area contributed by atoms with Crippen LogP contribution in [0.15, 0.2) is 47.5 Å². The topological polar surface area (TPSA) is 12.4 Å². The largest absolute Gasteiger partial charge is 0.286 e. The van der Waals surface area contributed by atoms with Gasteiger partial charge >= 0.3 is 0 Å². The van der Waals surface area contributed by atoms with Crippen molar-refractivity contribution in [3.63, 3.8) is 0 Å². The van der Waals surface area contributed by atoms with Crippen LogP contribution in [0.4, 0.5) is 0 Å². The lowest BCUT2D eigenvalue weighted by Crippen LogP contribution is -2.12. The molecule has 0 heterocycles. The van der Waals surface area contributed by atoms with Crippen molar-refractivity contribution in [3.8, 4) is 0 Å². The maximum Gasteiger partial charge on any atom is 0.0455 e. The third-order valence-electron chi connectivity index (χ3n) is 3.01. The van der Waals surface area contributed by atoms with Gasteiger partial charge in [-0.15, -0.1) is 0 Å². The highest BCUT2D eigenvalue weighted by Crippen LogP contribution is 2.22. The maximum absolute atomic E-state index is 4.81. The van der Waals surface area contributed by atoms with Crippen LogP contribution in [0.2, 0.25) is 0 Å². The van der Waals surface area contributed by atoms with Gasteiger partial charge in [0.05, 0.1) is 0 Å². The molecule has 0 aromatic heterocycles. The minimum atomic E-state index is 0.335. The summed E-state index contributed by atoms with van der Waals surface area (Å²) in [5.74, 6) is 0.443. The molecule has 0 aliphatic heterocycles. The van der Waals surface area contributed by atoms with E-state index in [2.05, 4.69) is 70.2 Å². The van der Waals surface area contributed by atoms with Gasteiger partial charge in [0, 0.05) is 17.3 Å². The van der Waals surface area contributed by atoms with E-state index in [-0.39, 0.29) is 0 Å². The minimum absolute atomic E-state index is 0.335. The van der Waals surface area contributed by atoms with Crippen LogP contribution >= 0.6 is 0 Å². The van der Waals surface area contributed by atoms with Gasteiger partial charge in [-0.2, -0.15) is 0 Å². The van der Waals surface area contributed by atoms with Gasteiger partial charge in [0.2, 0.25) is 0 Å². The van der Waals surface area contributed by atoms with Gasteiger partial charge in [-0.1, -0.05) is 56.3 Å². The normalized spacial score (nSPS) is 12.7. The Balaban J connectivity index is 2.65. The van der Waals surface area contributed by atoms with Crippen LogP contribution < -0.4 is 0 Å². The highest BCUT2D eigenvalue weighted by atomic mass is 14.8. The Morgan fingerprint density at radius 1 is 0.889 bits per heavy atom. The quantitative estimate of drug-likeness (QED) is 0.689. The second-order valence-corrected chi connectivity index (χ2v) is 5.29. The van der Waals surface area contributed by atoms with E-state index >= 15 is 0 Å². The Bertz CT molecular complexity index is 559. The van der Waals surface area contributed by atoms with E-state index in [1.165, 1.54) is 22.0 Å². The van der Waals surface area contributed by atoms with Gasteiger partial charge in [-0.05, 0) is 30.5 Å². The van der Waals surface area contributed by atoms with Crippen molar-refractivity contribution in [1.82, 2.24) is 0 Å². The summed E-state index contributed by atoms with van der Waals surface area (Å²) < 4.78 is 0. The molecule has 0 unspecified atom stereocenters. The van der Waals surface area contributed by atoms with Crippen molar-refractivity contribution in [2.45, 2.75) is 33.7 Å². The Kier molecular flexibility index (Phi) is 3.81. The summed E-state index contributed by atoms with van der Waals surface area (Å²) in [6.07, 6.45) is 0. The van der Waals surface area contributed by atoms with E-state index in [4.69, 9.17) is 4.99 Å². The second kappa shape index (κ2) is 5.34. The van der Waals surface area contributed by atoms with Crippen molar-refractivity contribution < 1.29 is 0 Å². The first-order chi connectivity index (χ1) is 8.59. The third kappa shape index (κ3) is 2.61. The Labute approximate surface area is 110 Å². The predicted octanol–water partition coefficient (Wildman–Crippen LogP) is 4.69. The summed E-state index contributed by atoms with van der Waals surface area (Å²) in [6.45, 7) is 8.69. The van der Waals surface area contributed by atoms with Crippen LogP contribution in [-0.2, 0) is 0 Å². The number of rotatable bonds is 3. The summed E-state index contributed by atoms with van der Waals surface area (Å²) in [5, 5.41) is 2.58. The van der Waals surface area contributed by atoms with Crippen LogP contribution in [-0.4, -0.2) is 11.8 Å². The highest BCUT2D eigenvalue weighted by molar-refractivity contribution is 6.11. The molecule has 0 radical (unpaired) electrons. The van der Waals surface area contributed by atoms with Crippen LogP contribution in [0.1, 0.15) is 33.3 Å². The fourth-order valence-corrected chi connectivity index (χ4v) is 2.26. The minimum Gasteiger partial charge on any atom is -0.286 e. The number of aliphatic imine (C=N–C) groups is 1. The molecular weight excluding hydrogens is 218 g/mol. The van der Waals surface area contributed by atoms with E-state index in [0.29, 0.717) is 12.0 Å². The number of nitrogens with zero attached hydrogens (tertiary/aromatic N) is 1. The Morgan fingerprint density at radius 2 is 1.56 bits per heavy atom. The average Bonchev–Trinajstić information content (AvgIpc) is 2.35. The van der Waals surface area contributed by atoms with E-state index in [1.807, 2.05) is 0 Å². The van der Waals surface area contributed by atoms with Crippen LogP contribution in [0.5, 0.6) is 0 Å². The smallest absolute Gasteiger partial charge is 0.0455 e. The van der Waals surface area contributed by atoms with Gasteiger partial charge < -0.3 is 0 Å². The van der Waals surface area contributed by atoms with Gasteiger partial charge in [0.1, 0.15) is 0 Å². The summed E-state index contributed by atoms with van der Waals surface area (Å²) in [4.78, 5) is 4.81. The van der Waals surface area contributed by atoms with Crippen LogP contribution in [0, 0.1) is 5.92 Å². The van der Waals surface area contributed by atoms with E-state index in [9.17, 15) is 0 Å². The van der Waals surface area contributed by atoms with Crippen molar-refractivity contribution >= 4 is 16.5 Å². The van der Waals surface area contributed by atoms with Crippen molar-refractivity contribution in [1.29, 1.82) is 0 Å². The molecule has 0 aliphatic rings. The van der Waals surface area contributed by atoms with Crippen molar-refractivity contribution in [2.24, 2.45) is 10.9 Å². The van der Waals surface area contributed by atoms with Crippen molar-refractivity contribution in [3.05, 3.63) is 48.0 Å². The van der Waals surface area contributed by atoms with Crippen LogP contribution in [0.25, 0.3) is 10.8 Å². The summed E-state index contributed by atoms with van der Waals surface area (Å²) in [7, 11) is 0. The van der Waals surface area contributed by atoms with Crippen molar-refractivity contribution in [2.75, 3.05) is 0 Å². The van der Waals surface area contributed by atoms with E-state index in [0.717, 1.165) is 0 Å². The molecule has 0 aliphatic carbocycles. The van der Waals surface area contributed by atoms with Crippen LogP contribution in [0.3, 0.4) is 0 Å². The standard InChI is InChI=1S/C17H21N/c1-12(2)17(18-13(3)4)16-11-7-9-14-8-5-6-10-15(14)16/h5-13H,1-4H3. The molecule has 2 aromatic carbocycles. The third-order valence-corrected chi connectivity index (χ3v) is 3.01. The van der Waals surface area contributed by atoms with Gasteiger partial charge in [0.15, 0.2) is 0 Å². The first-order valence-electron chi connectivity index (χ1n) is 6.65. The molecule has 0 N–H and O–H groups in total. The number of fused-ring (bicyclic) bond motifs is 1. The molecule has 0 fully saturated rings. The summed E-state index contributed by atoms with van der Waals surface area (Å²) in [5.41, 5.74) is 2.48. The molecule has 1 heteroatoms. The molecule has 0 spiro atoms. The summed E-state index contributed by atoms with van der Waals surface area (Å²) >= 11 is 0. The number of benzene rings is 2. The molecular formula is C17H21N. The van der Waals surface area contributed by atoms with E-state index < -0.39 is 0 Å². The number of hydrogen-bond acceptors (Lipinski definition) is 1. The molecule has 94 valence electrons. The molecule has 1 nitrogen and oxygen atoms in total. The molecule has 0 amide bonds. The first-order valence-corrected chi connectivity index (χ1v) is 6.65.